The van der Waals surface area contributed by atoms with E-state index in [0.717, 1.165) is 24.2 Å². The van der Waals surface area contributed by atoms with Crippen molar-refractivity contribution < 1.29 is 8.42 Å². The predicted octanol–water partition coefficient (Wildman–Crippen LogP) is 2.30. The van der Waals surface area contributed by atoms with Crippen LogP contribution in [0.2, 0.25) is 0 Å². The van der Waals surface area contributed by atoms with E-state index in [4.69, 9.17) is 0 Å². The second-order valence-electron chi connectivity index (χ2n) is 6.15. The van der Waals surface area contributed by atoms with E-state index < -0.39 is 10.0 Å². The number of piperidine rings is 1. The highest BCUT2D eigenvalue weighted by molar-refractivity contribution is 7.89. The lowest BCUT2D eigenvalue weighted by atomic mass is 10.0. The number of sulfonamides is 1. The van der Waals surface area contributed by atoms with Crippen molar-refractivity contribution in [3.8, 4) is 0 Å². The second-order valence-corrected chi connectivity index (χ2v) is 8.03. The highest BCUT2D eigenvalue weighted by Crippen LogP contribution is 2.24. The fourth-order valence-electron chi connectivity index (χ4n) is 2.79. The van der Waals surface area contributed by atoms with E-state index in [9.17, 15) is 8.42 Å². The Labute approximate surface area is 142 Å². The molecule has 0 aliphatic carbocycles. The lowest BCUT2D eigenvalue weighted by Crippen LogP contribution is -2.36. The first-order valence-corrected chi connectivity index (χ1v) is 9.43. The number of aryl methyl sites for hydroxylation is 3. The minimum Gasteiger partial charge on any atom is -0.337 e. The molecule has 3 rings (SSSR count). The van der Waals surface area contributed by atoms with Gasteiger partial charge in [-0.25, -0.2) is 13.4 Å². The fraction of sp³-hybridized carbons (Fsp3) is 0.412. The lowest BCUT2D eigenvalue weighted by Gasteiger charge is -2.26. The first kappa shape index (κ1) is 16.9. The zero-order chi connectivity index (χ0) is 17.3. The first-order valence-electron chi connectivity index (χ1n) is 7.99. The molecule has 7 heteroatoms. The molecule has 0 N–H and O–H groups in total. The normalized spacial score (nSPS) is 16.4. The van der Waals surface area contributed by atoms with Crippen LogP contribution in [0.15, 0.2) is 35.0 Å². The van der Waals surface area contributed by atoms with Crippen LogP contribution in [-0.2, 0) is 17.1 Å². The van der Waals surface area contributed by atoms with Gasteiger partial charge in [-0.2, -0.15) is 4.31 Å². The average Bonchev–Trinajstić information content (AvgIpc) is 2.88. The molecule has 3 heterocycles. The van der Waals surface area contributed by atoms with Crippen molar-refractivity contribution in [2.24, 2.45) is 7.05 Å². The number of rotatable bonds is 3. The Balaban J connectivity index is 1.72. The van der Waals surface area contributed by atoms with Gasteiger partial charge < -0.3 is 4.57 Å². The molecule has 0 unspecified atom stereocenters. The molecule has 0 aromatic carbocycles. The average molecular weight is 346 g/mol. The van der Waals surface area contributed by atoms with Gasteiger partial charge in [0.25, 0.3) is 10.0 Å². The van der Waals surface area contributed by atoms with Crippen molar-refractivity contribution in [3.63, 3.8) is 0 Å². The Kier molecular flexibility index (Phi) is 4.56. The molecule has 0 amide bonds. The molecule has 128 valence electrons. The van der Waals surface area contributed by atoms with Crippen molar-refractivity contribution in [1.82, 2.24) is 18.8 Å². The van der Waals surface area contributed by atoms with Crippen molar-refractivity contribution in [2.75, 3.05) is 13.1 Å². The molecule has 1 aliphatic rings. The Hall–Kier alpha value is -1.99. The maximum absolute atomic E-state index is 12.7. The van der Waals surface area contributed by atoms with E-state index in [1.54, 1.807) is 24.7 Å². The molecule has 6 nitrogen and oxygen atoms in total. The predicted molar refractivity (Wildman–Crippen MR) is 92.9 cm³/mol. The third-order valence-corrected chi connectivity index (χ3v) is 6.09. The van der Waals surface area contributed by atoms with Crippen molar-refractivity contribution in [2.45, 2.75) is 31.7 Å². The molecular weight excluding hydrogens is 324 g/mol. The lowest BCUT2D eigenvalue weighted by molar-refractivity contribution is 0.386. The maximum atomic E-state index is 12.7. The van der Waals surface area contributed by atoms with Crippen LogP contribution in [0.3, 0.4) is 0 Å². The van der Waals surface area contributed by atoms with Crippen molar-refractivity contribution in [1.29, 1.82) is 0 Å². The van der Waals surface area contributed by atoms with Gasteiger partial charge in [0.05, 0.1) is 5.69 Å². The van der Waals surface area contributed by atoms with Crippen LogP contribution >= 0.6 is 0 Å². The van der Waals surface area contributed by atoms with E-state index >= 15 is 0 Å². The summed E-state index contributed by atoms with van der Waals surface area (Å²) in [6, 6.07) is 5.92. The minimum absolute atomic E-state index is 0.135. The third kappa shape index (κ3) is 3.42. The highest BCUT2D eigenvalue weighted by atomic mass is 32.2. The first-order chi connectivity index (χ1) is 11.4. The van der Waals surface area contributed by atoms with E-state index in [0.29, 0.717) is 18.9 Å². The number of pyridine rings is 1. The summed E-state index contributed by atoms with van der Waals surface area (Å²) >= 11 is 0. The summed E-state index contributed by atoms with van der Waals surface area (Å²) in [4.78, 5) is 8.64. The zero-order valence-electron chi connectivity index (χ0n) is 14.2. The van der Waals surface area contributed by atoms with Gasteiger partial charge in [0.2, 0.25) is 0 Å². The van der Waals surface area contributed by atoms with E-state index in [1.807, 2.05) is 25.1 Å². The van der Waals surface area contributed by atoms with Crippen molar-refractivity contribution in [3.05, 3.63) is 47.2 Å². The summed E-state index contributed by atoms with van der Waals surface area (Å²) < 4.78 is 28.6. The summed E-state index contributed by atoms with van der Waals surface area (Å²) in [5, 5.41) is 0.135. The van der Waals surface area contributed by atoms with Gasteiger partial charge in [-0.05, 0) is 44.9 Å². The molecule has 1 fully saturated rings. The standard InChI is InChI=1S/C17H22N4O2S/c1-13-5-4-6-16(18-13)11-15-7-9-21(10-8-15)24(22,23)17-12-20(3)14(2)19-17/h4-6,11-12H,7-10H2,1-3H3. The molecule has 0 atom stereocenters. The molecule has 0 bridgehead atoms. The Morgan fingerprint density at radius 1 is 1.12 bits per heavy atom. The number of nitrogens with zero attached hydrogens (tertiary/aromatic N) is 4. The smallest absolute Gasteiger partial charge is 0.262 e. The van der Waals surface area contributed by atoms with Gasteiger partial charge in [0.15, 0.2) is 5.03 Å². The van der Waals surface area contributed by atoms with Gasteiger partial charge in [-0.1, -0.05) is 11.6 Å². The SMILES string of the molecule is Cc1cccc(C=C2CCN(S(=O)(=O)c3cn(C)c(C)n3)CC2)n1. The third-order valence-electron chi connectivity index (χ3n) is 4.32. The number of hydrogen-bond acceptors (Lipinski definition) is 4. The summed E-state index contributed by atoms with van der Waals surface area (Å²) in [7, 11) is -1.71. The summed E-state index contributed by atoms with van der Waals surface area (Å²) in [5.74, 6) is 0.691. The van der Waals surface area contributed by atoms with Gasteiger partial charge in [0.1, 0.15) is 5.82 Å². The van der Waals surface area contributed by atoms with Gasteiger partial charge in [-0.15, -0.1) is 0 Å². The molecule has 24 heavy (non-hydrogen) atoms. The molecule has 1 saturated heterocycles. The van der Waals surface area contributed by atoms with Crippen LogP contribution in [-0.4, -0.2) is 40.3 Å². The van der Waals surface area contributed by atoms with Crippen LogP contribution in [0.25, 0.3) is 6.08 Å². The summed E-state index contributed by atoms with van der Waals surface area (Å²) in [5.41, 5.74) is 3.15. The van der Waals surface area contributed by atoms with Gasteiger partial charge in [-0.3, -0.25) is 4.98 Å². The van der Waals surface area contributed by atoms with E-state index in [1.165, 1.54) is 9.88 Å². The van der Waals surface area contributed by atoms with Crippen LogP contribution in [0.5, 0.6) is 0 Å². The largest absolute Gasteiger partial charge is 0.337 e. The molecular formula is C17H22N4O2S. The van der Waals surface area contributed by atoms with E-state index in [-0.39, 0.29) is 5.03 Å². The molecule has 0 radical (unpaired) electrons. The van der Waals surface area contributed by atoms with Crippen LogP contribution in [0.1, 0.15) is 30.1 Å². The summed E-state index contributed by atoms with van der Waals surface area (Å²) in [6.45, 7) is 4.72. The molecule has 0 spiro atoms. The maximum Gasteiger partial charge on any atom is 0.262 e. The Morgan fingerprint density at radius 3 is 2.42 bits per heavy atom. The van der Waals surface area contributed by atoms with Crippen LogP contribution in [0, 0.1) is 13.8 Å². The Bertz CT molecular complexity index is 854. The molecule has 1 aliphatic heterocycles. The van der Waals surface area contributed by atoms with Crippen LogP contribution < -0.4 is 0 Å². The monoisotopic (exact) mass is 346 g/mol. The Morgan fingerprint density at radius 2 is 1.83 bits per heavy atom. The van der Waals surface area contributed by atoms with Crippen LogP contribution in [0.4, 0.5) is 0 Å². The second kappa shape index (κ2) is 6.49. The quantitative estimate of drug-likeness (QED) is 0.855. The molecule has 2 aromatic heterocycles. The molecule has 0 saturated carbocycles. The number of aromatic nitrogens is 3. The number of hydrogen-bond donors (Lipinski definition) is 0. The van der Waals surface area contributed by atoms with Gasteiger partial charge >= 0.3 is 0 Å². The number of imidazole rings is 1. The fourth-order valence-corrected chi connectivity index (χ4v) is 4.26. The highest BCUT2D eigenvalue weighted by Gasteiger charge is 2.29. The van der Waals surface area contributed by atoms with Crippen molar-refractivity contribution >= 4 is 16.1 Å². The topological polar surface area (TPSA) is 68.1 Å². The van der Waals surface area contributed by atoms with E-state index in [2.05, 4.69) is 16.0 Å². The zero-order valence-corrected chi connectivity index (χ0v) is 15.0. The molecule has 2 aromatic rings. The van der Waals surface area contributed by atoms with Gasteiger partial charge in [0, 0.05) is 32.0 Å². The summed E-state index contributed by atoms with van der Waals surface area (Å²) in [6.07, 6.45) is 5.09. The minimum atomic E-state index is -3.51.